The molecular formula is C24H26FNO4. The van der Waals surface area contributed by atoms with Crippen LogP contribution in [-0.4, -0.2) is 41.9 Å². The number of carbonyl (C=O) groups is 2. The molecule has 0 unspecified atom stereocenters. The molecule has 1 aliphatic heterocycles. The number of benzene rings is 2. The molecule has 0 spiro atoms. The lowest BCUT2D eigenvalue weighted by atomic mass is 9.91. The highest BCUT2D eigenvalue weighted by Crippen LogP contribution is 2.49. The second kappa shape index (κ2) is 7.84. The summed E-state index contributed by atoms with van der Waals surface area (Å²) in [7, 11) is 1.13. The molecule has 1 heterocycles. The number of ether oxygens (including phenoxy) is 2. The van der Waals surface area contributed by atoms with Crippen molar-refractivity contribution >= 4 is 11.9 Å². The fourth-order valence-electron chi connectivity index (χ4n) is 4.75. The third-order valence-electron chi connectivity index (χ3n) is 6.08. The maximum absolute atomic E-state index is 15.2. The molecule has 2 aliphatic rings. The van der Waals surface area contributed by atoms with Gasteiger partial charge in [-0.15, -0.1) is 0 Å². The summed E-state index contributed by atoms with van der Waals surface area (Å²) in [4.78, 5) is 27.5. The smallest absolute Gasteiger partial charge is 0.341 e. The zero-order valence-electron chi connectivity index (χ0n) is 17.4. The van der Waals surface area contributed by atoms with Crippen LogP contribution >= 0.6 is 0 Å². The first-order valence-corrected chi connectivity index (χ1v) is 10.2. The number of halogens is 1. The third kappa shape index (κ3) is 3.49. The number of carbonyl (C=O) groups excluding carboxylic acids is 2. The topological polar surface area (TPSA) is 55.8 Å². The molecule has 5 nitrogen and oxygen atoms in total. The molecule has 0 bridgehead atoms. The van der Waals surface area contributed by atoms with Gasteiger partial charge < -0.3 is 14.4 Å². The standard InChI is InChI=1S/C24H26FNO4/c1-24(2)26(21-17-12-8-7-11-16(17)14-19(21)30-24)22(27)18(20(25)23(28)29-3)13-15-9-5-4-6-10-15/h4-12,18-21H,13-14H2,1-3H3/t18-,19-,20+,21+/m1/s1. The number of hydrogen-bond donors (Lipinski definition) is 0. The van der Waals surface area contributed by atoms with E-state index in [1.807, 2.05) is 68.4 Å². The summed E-state index contributed by atoms with van der Waals surface area (Å²) in [5, 5.41) is 0. The van der Waals surface area contributed by atoms with Gasteiger partial charge in [0, 0.05) is 6.42 Å². The Hall–Kier alpha value is -2.73. The van der Waals surface area contributed by atoms with Crippen molar-refractivity contribution in [1.82, 2.24) is 4.90 Å². The van der Waals surface area contributed by atoms with Gasteiger partial charge in [-0.05, 0) is 37.0 Å². The predicted molar refractivity (Wildman–Crippen MR) is 109 cm³/mol. The Kier molecular flexibility index (Phi) is 5.36. The minimum Gasteiger partial charge on any atom is -0.467 e. The highest BCUT2D eigenvalue weighted by Gasteiger charge is 2.55. The average molecular weight is 411 g/mol. The summed E-state index contributed by atoms with van der Waals surface area (Å²) in [5.41, 5.74) is 2.02. The van der Waals surface area contributed by atoms with Gasteiger partial charge in [-0.25, -0.2) is 9.18 Å². The van der Waals surface area contributed by atoms with Gasteiger partial charge in [-0.2, -0.15) is 0 Å². The van der Waals surface area contributed by atoms with Crippen LogP contribution in [0.5, 0.6) is 0 Å². The number of hydrogen-bond acceptors (Lipinski definition) is 4. The van der Waals surface area contributed by atoms with Gasteiger partial charge in [0.05, 0.1) is 25.2 Å². The van der Waals surface area contributed by atoms with E-state index in [0.717, 1.165) is 23.8 Å². The molecule has 6 heteroatoms. The SMILES string of the molecule is COC(=O)[C@@H](F)[C@@H](Cc1ccccc1)C(=O)N1[C@H]2c3ccccc3C[C@H]2OC1(C)C. The highest BCUT2D eigenvalue weighted by atomic mass is 19.1. The summed E-state index contributed by atoms with van der Waals surface area (Å²) >= 11 is 0. The molecule has 30 heavy (non-hydrogen) atoms. The number of esters is 1. The lowest BCUT2D eigenvalue weighted by molar-refractivity contribution is -0.162. The Labute approximate surface area is 175 Å². The molecule has 0 radical (unpaired) electrons. The van der Waals surface area contributed by atoms with Crippen LogP contribution in [0.4, 0.5) is 4.39 Å². The van der Waals surface area contributed by atoms with Gasteiger partial charge >= 0.3 is 5.97 Å². The normalized spacial score (nSPS) is 23.4. The van der Waals surface area contributed by atoms with Gasteiger partial charge in [0.2, 0.25) is 12.1 Å². The van der Waals surface area contributed by atoms with Crippen LogP contribution in [0.2, 0.25) is 0 Å². The molecule has 2 aromatic rings. The molecular weight excluding hydrogens is 385 g/mol. The van der Waals surface area contributed by atoms with Crippen LogP contribution in [0.25, 0.3) is 0 Å². The van der Waals surface area contributed by atoms with E-state index in [2.05, 4.69) is 4.74 Å². The fraction of sp³-hybridized carbons (Fsp3) is 0.417. The van der Waals surface area contributed by atoms with E-state index in [9.17, 15) is 9.59 Å². The van der Waals surface area contributed by atoms with Gasteiger partial charge in [0.1, 0.15) is 5.72 Å². The zero-order chi connectivity index (χ0) is 21.5. The molecule has 0 aromatic heterocycles. The Morgan fingerprint density at radius 3 is 2.53 bits per heavy atom. The average Bonchev–Trinajstić information content (AvgIpc) is 3.21. The van der Waals surface area contributed by atoms with Crippen molar-refractivity contribution in [2.45, 2.75) is 50.7 Å². The maximum Gasteiger partial charge on any atom is 0.341 e. The van der Waals surface area contributed by atoms with Crippen molar-refractivity contribution in [2.24, 2.45) is 5.92 Å². The van der Waals surface area contributed by atoms with E-state index in [1.54, 1.807) is 4.90 Å². The van der Waals surface area contributed by atoms with E-state index in [1.165, 1.54) is 0 Å². The molecule has 0 saturated carbocycles. The van der Waals surface area contributed by atoms with E-state index in [4.69, 9.17) is 4.74 Å². The van der Waals surface area contributed by atoms with Gasteiger partial charge in [-0.1, -0.05) is 54.6 Å². The van der Waals surface area contributed by atoms with Gasteiger partial charge in [0.25, 0.3) is 0 Å². The quantitative estimate of drug-likeness (QED) is 0.706. The van der Waals surface area contributed by atoms with E-state index in [-0.39, 0.29) is 18.6 Å². The fourth-order valence-corrected chi connectivity index (χ4v) is 4.75. The van der Waals surface area contributed by atoms with Gasteiger partial charge in [-0.3, -0.25) is 4.79 Å². The van der Waals surface area contributed by atoms with E-state index >= 15 is 4.39 Å². The van der Waals surface area contributed by atoms with Crippen molar-refractivity contribution in [3.63, 3.8) is 0 Å². The van der Waals surface area contributed by atoms with E-state index < -0.39 is 29.7 Å². The third-order valence-corrected chi connectivity index (χ3v) is 6.08. The van der Waals surface area contributed by atoms with Gasteiger partial charge in [0.15, 0.2) is 0 Å². The summed E-state index contributed by atoms with van der Waals surface area (Å²) in [6.45, 7) is 3.63. The van der Waals surface area contributed by atoms with Crippen LogP contribution in [0.15, 0.2) is 54.6 Å². The molecule has 1 saturated heterocycles. The molecule has 1 amide bonds. The number of alkyl halides is 1. The summed E-state index contributed by atoms with van der Waals surface area (Å²) < 4.78 is 26.0. The van der Waals surface area contributed by atoms with Crippen molar-refractivity contribution in [2.75, 3.05) is 7.11 Å². The Morgan fingerprint density at radius 1 is 1.17 bits per heavy atom. The van der Waals surface area contributed by atoms with Crippen molar-refractivity contribution < 1.29 is 23.5 Å². The van der Waals surface area contributed by atoms with Crippen molar-refractivity contribution in [3.05, 3.63) is 71.3 Å². The number of amides is 1. The number of fused-ring (bicyclic) bond motifs is 3. The van der Waals surface area contributed by atoms with Crippen LogP contribution < -0.4 is 0 Å². The van der Waals surface area contributed by atoms with Crippen molar-refractivity contribution in [1.29, 1.82) is 0 Å². The molecule has 2 aromatic carbocycles. The summed E-state index contributed by atoms with van der Waals surface area (Å²) in [5.74, 6) is -2.68. The van der Waals surface area contributed by atoms with Crippen LogP contribution in [-0.2, 0) is 31.9 Å². The predicted octanol–water partition coefficient (Wildman–Crippen LogP) is 3.62. The second-order valence-corrected chi connectivity index (χ2v) is 8.38. The number of rotatable bonds is 5. The van der Waals surface area contributed by atoms with Crippen LogP contribution in [0, 0.1) is 5.92 Å². The summed E-state index contributed by atoms with van der Waals surface area (Å²) in [6.07, 6.45) is -1.45. The Balaban J connectivity index is 1.71. The monoisotopic (exact) mass is 411 g/mol. The summed E-state index contributed by atoms with van der Waals surface area (Å²) in [6, 6.07) is 16.8. The molecule has 1 fully saturated rings. The zero-order valence-corrected chi connectivity index (χ0v) is 17.4. The molecule has 158 valence electrons. The number of methoxy groups -OCH3 is 1. The molecule has 4 rings (SSSR count). The van der Waals surface area contributed by atoms with Crippen LogP contribution in [0.3, 0.4) is 0 Å². The highest BCUT2D eigenvalue weighted by molar-refractivity contribution is 5.88. The second-order valence-electron chi connectivity index (χ2n) is 8.38. The van der Waals surface area contributed by atoms with Crippen LogP contribution in [0.1, 0.15) is 36.6 Å². The Morgan fingerprint density at radius 2 is 1.83 bits per heavy atom. The largest absolute Gasteiger partial charge is 0.467 e. The first kappa shape index (κ1) is 20.5. The first-order valence-electron chi connectivity index (χ1n) is 10.2. The molecule has 1 aliphatic carbocycles. The minimum absolute atomic E-state index is 0.0988. The van der Waals surface area contributed by atoms with Crippen molar-refractivity contribution in [3.8, 4) is 0 Å². The van der Waals surface area contributed by atoms with E-state index in [0.29, 0.717) is 6.42 Å². The molecule has 4 atom stereocenters. The maximum atomic E-state index is 15.2. The molecule has 0 N–H and O–H groups in total. The minimum atomic E-state index is -2.06. The lowest BCUT2D eigenvalue weighted by Gasteiger charge is -2.37. The first-order chi connectivity index (χ1) is 14.3. The number of nitrogens with zero attached hydrogens (tertiary/aromatic N) is 1. The Bertz CT molecular complexity index is 945. The lowest BCUT2D eigenvalue weighted by Crippen LogP contribution is -2.50.